The van der Waals surface area contributed by atoms with E-state index >= 15 is 0 Å². The van der Waals surface area contributed by atoms with Gasteiger partial charge in [0.2, 0.25) is 5.95 Å². The van der Waals surface area contributed by atoms with Crippen LogP contribution < -0.4 is 25.3 Å². The van der Waals surface area contributed by atoms with Crippen molar-refractivity contribution in [1.82, 2.24) is 15.0 Å². The molecule has 2 aromatic heterocycles. The van der Waals surface area contributed by atoms with E-state index in [1.807, 2.05) is 6.07 Å². The number of amides is 1. The number of aromatic nitrogens is 3. The number of halogens is 1. The number of H-pyrrole nitrogens is 1. The normalized spacial score (nSPS) is 10.8. The zero-order valence-electron chi connectivity index (χ0n) is 17.5. The number of primary amides is 1. The van der Waals surface area contributed by atoms with Gasteiger partial charge < -0.3 is 30.2 Å². The maximum atomic E-state index is 11.5. The third-order valence-corrected chi connectivity index (χ3v) is 5.09. The molecule has 0 spiro atoms. The van der Waals surface area contributed by atoms with E-state index in [-0.39, 0.29) is 5.69 Å². The summed E-state index contributed by atoms with van der Waals surface area (Å²) in [7, 11) is 3.09. The van der Waals surface area contributed by atoms with E-state index in [4.69, 9.17) is 31.5 Å². The van der Waals surface area contributed by atoms with Gasteiger partial charge in [0, 0.05) is 23.9 Å². The lowest BCUT2D eigenvalue weighted by atomic mass is 10.2. The van der Waals surface area contributed by atoms with E-state index in [1.165, 1.54) is 13.3 Å². The number of nitrogens with zero attached hydrogens (tertiary/aromatic N) is 2. The molecule has 164 valence electrons. The molecule has 4 N–H and O–H groups in total. The number of aromatic amines is 1. The Balaban J connectivity index is 1.61. The van der Waals surface area contributed by atoms with Gasteiger partial charge in [-0.05, 0) is 31.2 Å². The number of hydrogen-bond acceptors (Lipinski definition) is 7. The molecular formula is C22H20ClN5O4. The highest BCUT2D eigenvalue weighted by Crippen LogP contribution is 2.37. The van der Waals surface area contributed by atoms with Crippen LogP contribution in [0.4, 0.5) is 11.6 Å². The van der Waals surface area contributed by atoms with Gasteiger partial charge in [0.25, 0.3) is 5.91 Å². The van der Waals surface area contributed by atoms with Gasteiger partial charge in [-0.2, -0.15) is 0 Å². The van der Waals surface area contributed by atoms with Crippen molar-refractivity contribution < 1.29 is 19.0 Å². The summed E-state index contributed by atoms with van der Waals surface area (Å²) in [5.41, 5.74) is 8.19. The van der Waals surface area contributed by atoms with Gasteiger partial charge in [-0.3, -0.25) is 9.78 Å². The van der Waals surface area contributed by atoms with E-state index in [2.05, 4.69) is 20.3 Å². The Morgan fingerprint density at radius 1 is 1.09 bits per heavy atom. The van der Waals surface area contributed by atoms with Crippen LogP contribution in [0.25, 0.3) is 11.0 Å². The Labute approximate surface area is 188 Å². The van der Waals surface area contributed by atoms with Crippen LogP contribution in [0.2, 0.25) is 5.02 Å². The molecule has 0 bridgehead atoms. The number of carbonyl (C=O) groups excluding carboxylic acids is 1. The number of ether oxygens (including phenoxy) is 3. The first-order valence-corrected chi connectivity index (χ1v) is 9.89. The summed E-state index contributed by atoms with van der Waals surface area (Å²) in [6.07, 6.45) is 1.48. The van der Waals surface area contributed by atoms with Crippen molar-refractivity contribution in [3.8, 4) is 23.0 Å². The lowest BCUT2D eigenvalue weighted by Crippen LogP contribution is -2.15. The summed E-state index contributed by atoms with van der Waals surface area (Å²) in [4.78, 5) is 23.2. The maximum Gasteiger partial charge on any atom is 0.267 e. The number of methoxy groups -OCH3 is 2. The molecule has 0 aliphatic carbocycles. The zero-order valence-corrected chi connectivity index (χ0v) is 18.3. The minimum atomic E-state index is -0.609. The third-order valence-electron chi connectivity index (χ3n) is 4.80. The number of anilines is 2. The Kier molecular flexibility index (Phi) is 5.74. The van der Waals surface area contributed by atoms with Crippen molar-refractivity contribution in [2.75, 3.05) is 19.5 Å². The number of rotatable bonds is 7. The van der Waals surface area contributed by atoms with Gasteiger partial charge in [0.1, 0.15) is 28.7 Å². The lowest BCUT2D eigenvalue weighted by Gasteiger charge is -2.12. The average molecular weight is 454 g/mol. The highest BCUT2D eigenvalue weighted by atomic mass is 35.5. The Bertz CT molecular complexity index is 1320. The minimum Gasteiger partial charge on any atom is -0.495 e. The van der Waals surface area contributed by atoms with E-state index in [0.717, 1.165) is 11.0 Å². The molecule has 32 heavy (non-hydrogen) atoms. The highest BCUT2D eigenvalue weighted by Gasteiger charge is 2.14. The molecule has 0 saturated carbocycles. The fraction of sp³-hybridized carbons (Fsp3) is 0.136. The topological polar surface area (TPSA) is 124 Å². The van der Waals surface area contributed by atoms with Gasteiger partial charge in [0.15, 0.2) is 0 Å². The molecule has 0 unspecified atom stereocenters. The van der Waals surface area contributed by atoms with Crippen LogP contribution in [-0.2, 0) is 0 Å². The van der Waals surface area contributed by atoms with Crippen LogP contribution in [0.15, 0.2) is 42.6 Å². The lowest BCUT2D eigenvalue weighted by molar-refractivity contribution is 0.0994. The van der Waals surface area contributed by atoms with Gasteiger partial charge >= 0.3 is 0 Å². The number of hydrogen-bond donors (Lipinski definition) is 3. The van der Waals surface area contributed by atoms with E-state index in [1.54, 1.807) is 44.4 Å². The first-order chi connectivity index (χ1) is 15.4. The highest BCUT2D eigenvalue weighted by molar-refractivity contribution is 6.32. The first-order valence-electron chi connectivity index (χ1n) is 9.51. The summed E-state index contributed by atoms with van der Waals surface area (Å²) in [6.45, 7) is 1.73. The standard InChI is InChI=1S/C22H20ClN5O4/c1-11-17(6-7-25-20(11)21(24)29)32-12-4-5-14-15(8-12)27-22(26-14)28-16-9-13(23)18(30-2)10-19(16)31-3/h4-10H,1-3H3,(H2,24,29)(H2,26,27,28). The molecule has 1 amide bonds. The predicted octanol–water partition coefficient (Wildman–Crippen LogP) is 4.57. The van der Waals surface area contributed by atoms with Crippen molar-refractivity contribution in [1.29, 1.82) is 0 Å². The van der Waals surface area contributed by atoms with Gasteiger partial charge in [0.05, 0.1) is 36.0 Å². The molecule has 0 saturated heterocycles. The van der Waals surface area contributed by atoms with Crippen LogP contribution in [0, 0.1) is 6.92 Å². The van der Waals surface area contributed by atoms with Crippen molar-refractivity contribution >= 4 is 40.2 Å². The van der Waals surface area contributed by atoms with E-state index in [9.17, 15) is 4.79 Å². The minimum absolute atomic E-state index is 0.170. The molecule has 0 fully saturated rings. The van der Waals surface area contributed by atoms with E-state index in [0.29, 0.717) is 45.2 Å². The van der Waals surface area contributed by atoms with Gasteiger partial charge in [-0.25, -0.2) is 4.98 Å². The molecule has 0 aliphatic heterocycles. The monoisotopic (exact) mass is 453 g/mol. The molecule has 0 radical (unpaired) electrons. The van der Waals surface area contributed by atoms with Crippen LogP contribution in [-0.4, -0.2) is 35.1 Å². The second-order valence-corrected chi connectivity index (χ2v) is 7.23. The van der Waals surface area contributed by atoms with Crippen LogP contribution >= 0.6 is 11.6 Å². The maximum absolute atomic E-state index is 11.5. The fourth-order valence-corrected chi connectivity index (χ4v) is 3.44. The molecule has 10 heteroatoms. The Morgan fingerprint density at radius 3 is 2.59 bits per heavy atom. The first kappa shape index (κ1) is 21.3. The summed E-state index contributed by atoms with van der Waals surface area (Å²) < 4.78 is 16.6. The smallest absolute Gasteiger partial charge is 0.267 e. The predicted molar refractivity (Wildman–Crippen MR) is 121 cm³/mol. The number of nitrogens with one attached hydrogen (secondary N) is 2. The average Bonchev–Trinajstić information content (AvgIpc) is 3.16. The molecule has 4 rings (SSSR count). The zero-order chi connectivity index (χ0) is 22.8. The molecule has 4 aromatic rings. The SMILES string of the molecule is COc1cc(OC)c(Nc2nc3ccc(Oc4ccnc(C(N)=O)c4C)cc3[nH]2)cc1Cl. The van der Waals surface area contributed by atoms with Crippen molar-refractivity contribution in [2.24, 2.45) is 5.73 Å². The molecule has 2 heterocycles. The quantitative estimate of drug-likeness (QED) is 0.374. The largest absolute Gasteiger partial charge is 0.495 e. The second-order valence-electron chi connectivity index (χ2n) is 6.83. The van der Waals surface area contributed by atoms with E-state index < -0.39 is 5.91 Å². The van der Waals surface area contributed by atoms with Crippen molar-refractivity contribution in [2.45, 2.75) is 6.92 Å². The number of imidazole rings is 1. The second kappa shape index (κ2) is 8.64. The Hall–Kier alpha value is -3.98. The van der Waals surface area contributed by atoms with Crippen LogP contribution in [0.3, 0.4) is 0 Å². The van der Waals surface area contributed by atoms with Crippen LogP contribution in [0.1, 0.15) is 16.1 Å². The molecule has 0 atom stereocenters. The fourth-order valence-electron chi connectivity index (χ4n) is 3.20. The summed E-state index contributed by atoms with van der Waals surface area (Å²) in [5.74, 6) is 1.99. The number of benzene rings is 2. The molecule has 2 aromatic carbocycles. The third kappa shape index (κ3) is 4.10. The van der Waals surface area contributed by atoms with Gasteiger partial charge in [-0.1, -0.05) is 11.6 Å². The number of pyridine rings is 1. The number of fused-ring (bicyclic) bond motifs is 1. The Morgan fingerprint density at radius 2 is 1.88 bits per heavy atom. The summed E-state index contributed by atoms with van der Waals surface area (Å²) >= 11 is 6.24. The summed E-state index contributed by atoms with van der Waals surface area (Å²) in [6, 6.07) is 10.5. The molecule has 9 nitrogen and oxygen atoms in total. The number of nitrogens with two attached hydrogens (primary N) is 1. The number of carbonyl (C=O) groups is 1. The van der Waals surface area contributed by atoms with Crippen LogP contribution in [0.5, 0.6) is 23.0 Å². The summed E-state index contributed by atoms with van der Waals surface area (Å²) in [5, 5.41) is 3.61. The molecular weight excluding hydrogens is 434 g/mol. The van der Waals surface area contributed by atoms with Crippen molar-refractivity contribution in [3.63, 3.8) is 0 Å². The van der Waals surface area contributed by atoms with Gasteiger partial charge in [-0.15, -0.1) is 0 Å². The molecule has 0 aliphatic rings. The van der Waals surface area contributed by atoms with Crippen molar-refractivity contribution in [3.05, 3.63) is 58.9 Å².